The molecule has 0 saturated heterocycles. The Hall–Kier alpha value is -0.0800. The summed E-state index contributed by atoms with van der Waals surface area (Å²) in [6, 6.07) is 0.592. The number of aliphatic hydroxyl groups is 1. The molecule has 2 heteroatoms. The summed E-state index contributed by atoms with van der Waals surface area (Å²) in [7, 11) is 0. The number of nitrogens with one attached hydrogen (secondary N) is 1. The summed E-state index contributed by atoms with van der Waals surface area (Å²) in [6.07, 6.45) is 3.36. The van der Waals surface area contributed by atoms with Gasteiger partial charge in [-0.05, 0) is 19.8 Å². The topological polar surface area (TPSA) is 32.3 Å². The van der Waals surface area contributed by atoms with Crippen LogP contribution >= 0.6 is 0 Å². The Morgan fingerprint density at radius 2 is 2.00 bits per heavy atom. The molecule has 0 aromatic carbocycles. The molecule has 0 aliphatic rings. The van der Waals surface area contributed by atoms with Crippen LogP contribution in [0.4, 0.5) is 0 Å². The Balaban J connectivity index is 3.35. The molecular formula is C9H21NO. The molecule has 0 aliphatic carbocycles. The lowest BCUT2D eigenvalue weighted by atomic mass is 10.1. The fourth-order valence-electron chi connectivity index (χ4n) is 1.14. The Bertz CT molecular complexity index is 83.6. The minimum Gasteiger partial charge on any atom is -0.392 e. The van der Waals surface area contributed by atoms with Gasteiger partial charge in [-0.15, -0.1) is 0 Å². The molecule has 0 aromatic heterocycles. The molecule has 0 aliphatic heterocycles. The average Bonchev–Trinajstić information content (AvgIpc) is 1.97. The minimum absolute atomic E-state index is 0.221. The summed E-state index contributed by atoms with van der Waals surface area (Å²) in [6.45, 7) is 6.90. The van der Waals surface area contributed by atoms with E-state index >= 15 is 0 Å². The van der Waals surface area contributed by atoms with Gasteiger partial charge >= 0.3 is 0 Å². The summed E-state index contributed by atoms with van der Waals surface area (Å²) >= 11 is 0. The van der Waals surface area contributed by atoms with Crippen molar-refractivity contribution in [3.05, 3.63) is 0 Å². The first-order valence-electron chi connectivity index (χ1n) is 4.62. The smallest absolute Gasteiger partial charge is 0.0636 e. The lowest BCUT2D eigenvalue weighted by Gasteiger charge is -2.16. The predicted octanol–water partition coefficient (Wildman–Crippen LogP) is 1.54. The van der Waals surface area contributed by atoms with E-state index in [1.54, 1.807) is 0 Å². The van der Waals surface area contributed by atoms with Gasteiger partial charge in [0.25, 0.3) is 0 Å². The molecule has 0 rings (SSSR count). The second-order valence-corrected chi connectivity index (χ2v) is 3.15. The Morgan fingerprint density at radius 1 is 1.36 bits per heavy atom. The highest BCUT2D eigenvalue weighted by Crippen LogP contribution is 2.00. The molecule has 0 spiro atoms. The van der Waals surface area contributed by atoms with Gasteiger partial charge in [-0.3, -0.25) is 0 Å². The summed E-state index contributed by atoms with van der Waals surface area (Å²) in [5, 5.41) is 12.3. The van der Waals surface area contributed by atoms with Crippen molar-refractivity contribution < 1.29 is 5.11 Å². The highest BCUT2D eigenvalue weighted by Gasteiger charge is 2.04. The van der Waals surface area contributed by atoms with Crippen LogP contribution in [0.25, 0.3) is 0 Å². The van der Waals surface area contributed by atoms with Crippen LogP contribution in [-0.2, 0) is 0 Å². The van der Waals surface area contributed by atoms with Crippen LogP contribution in [0.5, 0.6) is 0 Å². The third kappa shape index (κ3) is 6.32. The van der Waals surface area contributed by atoms with E-state index in [0.717, 1.165) is 13.0 Å². The number of hydrogen-bond acceptors (Lipinski definition) is 2. The predicted molar refractivity (Wildman–Crippen MR) is 48.7 cm³/mol. The van der Waals surface area contributed by atoms with E-state index in [-0.39, 0.29) is 6.10 Å². The molecule has 0 aromatic rings. The Kier molecular flexibility index (Phi) is 6.57. The Labute approximate surface area is 70.0 Å². The van der Waals surface area contributed by atoms with Crippen LogP contribution in [0.15, 0.2) is 0 Å². The first kappa shape index (κ1) is 10.9. The first-order chi connectivity index (χ1) is 5.20. The van der Waals surface area contributed by atoms with E-state index in [9.17, 15) is 0 Å². The first-order valence-corrected chi connectivity index (χ1v) is 4.62. The SMILES string of the molecule is CCCC(CC)NC[C@@H](C)O. The summed E-state index contributed by atoms with van der Waals surface area (Å²) in [5.41, 5.74) is 0. The second-order valence-electron chi connectivity index (χ2n) is 3.15. The summed E-state index contributed by atoms with van der Waals surface area (Å²) in [5.74, 6) is 0. The van der Waals surface area contributed by atoms with Crippen molar-refractivity contribution >= 4 is 0 Å². The van der Waals surface area contributed by atoms with E-state index < -0.39 is 0 Å². The molecule has 1 unspecified atom stereocenters. The van der Waals surface area contributed by atoms with Crippen LogP contribution in [0.2, 0.25) is 0 Å². The average molecular weight is 159 g/mol. The van der Waals surface area contributed by atoms with Gasteiger partial charge in [-0.25, -0.2) is 0 Å². The number of aliphatic hydroxyl groups excluding tert-OH is 1. The van der Waals surface area contributed by atoms with Gasteiger partial charge in [-0.2, -0.15) is 0 Å². The fraction of sp³-hybridized carbons (Fsp3) is 1.00. The largest absolute Gasteiger partial charge is 0.392 e. The van der Waals surface area contributed by atoms with Crippen molar-refractivity contribution in [3.8, 4) is 0 Å². The lowest BCUT2D eigenvalue weighted by Crippen LogP contribution is -2.33. The van der Waals surface area contributed by atoms with Crippen molar-refractivity contribution in [1.29, 1.82) is 0 Å². The molecule has 68 valence electrons. The van der Waals surface area contributed by atoms with Crippen molar-refractivity contribution in [2.45, 2.75) is 52.2 Å². The van der Waals surface area contributed by atoms with E-state index in [1.165, 1.54) is 12.8 Å². The molecule has 0 amide bonds. The van der Waals surface area contributed by atoms with Crippen LogP contribution in [0.1, 0.15) is 40.0 Å². The van der Waals surface area contributed by atoms with Crippen molar-refractivity contribution in [1.82, 2.24) is 5.32 Å². The van der Waals surface area contributed by atoms with Gasteiger partial charge in [-0.1, -0.05) is 20.3 Å². The highest BCUT2D eigenvalue weighted by molar-refractivity contribution is 4.65. The maximum atomic E-state index is 9.00. The normalized spacial score (nSPS) is 16.4. The summed E-state index contributed by atoms with van der Waals surface area (Å²) in [4.78, 5) is 0. The van der Waals surface area contributed by atoms with Gasteiger partial charge in [0, 0.05) is 12.6 Å². The second kappa shape index (κ2) is 6.62. The molecule has 0 bridgehead atoms. The number of hydrogen-bond donors (Lipinski definition) is 2. The Morgan fingerprint density at radius 3 is 2.36 bits per heavy atom. The maximum absolute atomic E-state index is 9.00. The maximum Gasteiger partial charge on any atom is 0.0636 e. The number of rotatable bonds is 6. The molecule has 0 radical (unpaired) electrons. The molecule has 11 heavy (non-hydrogen) atoms. The molecule has 0 saturated carbocycles. The third-order valence-electron chi connectivity index (χ3n) is 1.83. The van der Waals surface area contributed by atoms with Gasteiger partial charge in [0.1, 0.15) is 0 Å². The monoisotopic (exact) mass is 159 g/mol. The van der Waals surface area contributed by atoms with Gasteiger partial charge in [0.05, 0.1) is 6.10 Å². The zero-order valence-corrected chi connectivity index (χ0v) is 7.93. The molecule has 2 N–H and O–H groups in total. The summed E-state index contributed by atoms with van der Waals surface area (Å²) < 4.78 is 0. The standard InChI is InChI=1S/C9H21NO/c1-4-6-9(5-2)10-7-8(3)11/h8-11H,4-7H2,1-3H3/t8-,9?/m1/s1. The van der Waals surface area contributed by atoms with Crippen molar-refractivity contribution in [3.63, 3.8) is 0 Å². The zero-order valence-electron chi connectivity index (χ0n) is 7.93. The molecule has 0 fully saturated rings. The van der Waals surface area contributed by atoms with Crippen LogP contribution in [-0.4, -0.2) is 23.8 Å². The van der Waals surface area contributed by atoms with E-state index in [2.05, 4.69) is 19.2 Å². The van der Waals surface area contributed by atoms with E-state index in [1.807, 2.05) is 6.92 Å². The van der Waals surface area contributed by atoms with E-state index in [0.29, 0.717) is 6.04 Å². The van der Waals surface area contributed by atoms with Crippen LogP contribution < -0.4 is 5.32 Å². The van der Waals surface area contributed by atoms with Crippen LogP contribution in [0.3, 0.4) is 0 Å². The highest BCUT2D eigenvalue weighted by atomic mass is 16.3. The lowest BCUT2D eigenvalue weighted by molar-refractivity contribution is 0.184. The fourth-order valence-corrected chi connectivity index (χ4v) is 1.14. The van der Waals surface area contributed by atoms with Crippen molar-refractivity contribution in [2.75, 3.05) is 6.54 Å². The van der Waals surface area contributed by atoms with Crippen LogP contribution in [0, 0.1) is 0 Å². The third-order valence-corrected chi connectivity index (χ3v) is 1.83. The van der Waals surface area contributed by atoms with E-state index in [4.69, 9.17) is 5.11 Å². The molecule has 2 atom stereocenters. The van der Waals surface area contributed by atoms with Gasteiger partial charge in [0.15, 0.2) is 0 Å². The molecule has 2 nitrogen and oxygen atoms in total. The molecule has 0 heterocycles. The van der Waals surface area contributed by atoms with Gasteiger partial charge in [0.2, 0.25) is 0 Å². The minimum atomic E-state index is -0.221. The van der Waals surface area contributed by atoms with Gasteiger partial charge < -0.3 is 10.4 Å². The molecular weight excluding hydrogens is 138 g/mol. The van der Waals surface area contributed by atoms with Crippen molar-refractivity contribution in [2.24, 2.45) is 0 Å². The quantitative estimate of drug-likeness (QED) is 0.616. The zero-order chi connectivity index (χ0) is 8.69.